The lowest BCUT2D eigenvalue weighted by Crippen LogP contribution is -2.27. The molecule has 6 heteroatoms. The Kier molecular flexibility index (Phi) is 5.79. The van der Waals surface area contributed by atoms with Gasteiger partial charge < -0.3 is 0 Å². The number of fused-ring (bicyclic) bond motifs is 2. The molecule has 29 heavy (non-hydrogen) atoms. The van der Waals surface area contributed by atoms with Crippen LogP contribution in [0.15, 0.2) is 46.6 Å². The molecule has 2 aromatic carbocycles. The van der Waals surface area contributed by atoms with Gasteiger partial charge in [0.1, 0.15) is 6.42 Å². The SMILES string of the molecule is O=C(CC(=O)NN=Cc1ccc2c(c1)CCC2)NN=Cc1ccc2c(c1)CCC2. The fraction of sp³-hybridized carbons (Fsp3) is 0.304. The van der Waals surface area contributed by atoms with E-state index in [0.29, 0.717) is 0 Å². The monoisotopic (exact) mass is 388 g/mol. The van der Waals surface area contributed by atoms with Crippen LogP contribution in [0.2, 0.25) is 0 Å². The van der Waals surface area contributed by atoms with Gasteiger partial charge in [0.2, 0.25) is 11.8 Å². The van der Waals surface area contributed by atoms with E-state index >= 15 is 0 Å². The van der Waals surface area contributed by atoms with Crippen molar-refractivity contribution in [1.82, 2.24) is 10.9 Å². The van der Waals surface area contributed by atoms with E-state index in [1.54, 1.807) is 12.4 Å². The van der Waals surface area contributed by atoms with Crippen molar-refractivity contribution in [3.05, 3.63) is 69.8 Å². The topological polar surface area (TPSA) is 82.9 Å². The minimum absolute atomic E-state index is 0.330. The maximum absolute atomic E-state index is 11.9. The molecule has 0 saturated heterocycles. The number of hydrazone groups is 2. The first-order valence-electron chi connectivity index (χ1n) is 10.0. The van der Waals surface area contributed by atoms with Gasteiger partial charge in [-0.05, 0) is 84.0 Å². The molecule has 2 N–H and O–H groups in total. The number of nitrogens with one attached hydrogen (secondary N) is 2. The predicted octanol–water partition coefficient (Wildman–Crippen LogP) is 2.65. The highest BCUT2D eigenvalue weighted by atomic mass is 16.2. The highest BCUT2D eigenvalue weighted by Crippen LogP contribution is 2.23. The predicted molar refractivity (Wildman–Crippen MR) is 113 cm³/mol. The summed E-state index contributed by atoms with van der Waals surface area (Å²) in [5.41, 5.74) is 12.1. The van der Waals surface area contributed by atoms with E-state index in [1.807, 2.05) is 12.1 Å². The molecule has 0 unspecified atom stereocenters. The van der Waals surface area contributed by atoms with Gasteiger partial charge in [0, 0.05) is 0 Å². The largest absolute Gasteiger partial charge is 0.273 e. The van der Waals surface area contributed by atoms with Gasteiger partial charge >= 0.3 is 0 Å². The third-order valence-corrected chi connectivity index (χ3v) is 5.37. The van der Waals surface area contributed by atoms with Crippen molar-refractivity contribution in [3.63, 3.8) is 0 Å². The maximum Gasteiger partial charge on any atom is 0.249 e. The summed E-state index contributed by atoms with van der Waals surface area (Å²) in [5, 5.41) is 7.88. The summed E-state index contributed by atoms with van der Waals surface area (Å²) in [6.07, 6.45) is 9.70. The Morgan fingerprint density at radius 3 is 1.66 bits per heavy atom. The molecule has 0 atom stereocenters. The van der Waals surface area contributed by atoms with Crippen LogP contribution < -0.4 is 10.9 Å². The first kappa shape index (κ1) is 19.1. The van der Waals surface area contributed by atoms with Crippen LogP contribution in [0.3, 0.4) is 0 Å². The average molecular weight is 388 g/mol. The molecule has 0 aliphatic heterocycles. The summed E-state index contributed by atoms with van der Waals surface area (Å²) in [6.45, 7) is 0. The van der Waals surface area contributed by atoms with Crippen molar-refractivity contribution >= 4 is 24.2 Å². The molecule has 0 fully saturated rings. The molecule has 0 saturated carbocycles. The van der Waals surface area contributed by atoms with Crippen LogP contribution in [-0.4, -0.2) is 24.2 Å². The Hall–Kier alpha value is -3.28. The van der Waals surface area contributed by atoms with Crippen molar-refractivity contribution in [2.24, 2.45) is 10.2 Å². The van der Waals surface area contributed by atoms with Crippen LogP contribution in [0, 0.1) is 0 Å². The highest BCUT2D eigenvalue weighted by molar-refractivity contribution is 5.97. The molecule has 2 aromatic rings. The number of hydrogen-bond acceptors (Lipinski definition) is 4. The van der Waals surface area contributed by atoms with Crippen molar-refractivity contribution in [2.75, 3.05) is 0 Å². The number of benzene rings is 2. The van der Waals surface area contributed by atoms with Crippen molar-refractivity contribution < 1.29 is 9.59 Å². The molecule has 2 aliphatic rings. The Labute approximate surface area is 170 Å². The summed E-state index contributed by atoms with van der Waals surface area (Å²) >= 11 is 0. The van der Waals surface area contributed by atoms with Crippen molar-refractivity contribution in [1.29, 1.82) is 0 Å². The number of amides is 2. The second kappa shape index (κ2) is 8.82. The van der Waals surface area contributed by atoms with Gasteiger partial charge in [0.05, 0.1) is 12.4 Å². The van der Waals surface area contributed by atoms with Gasteiger partial charge in [-0.15, -0.1) is 0 Å². The van der Waals surface area contributed by atoms with Crippen LogP contribution in [0.25, 0.3) is 0 Å². The van der Waals surface area contributed by atoms with E-state index in [1.165, 1.54) is 35.1 Å². The van der Waals surface area contributed by atoms with Crippen LogP contribution in [-0.2, 0) is 35.3 Å². The third-order valence-electron chi connectivity index (χ3n) is 5.37. The van der Waals surface area contributed by atoms with Crippen LogP contribution in [0.4, 0.5) is 0 Å². The Bertz CT molecular complexity index is 915. The summed E-state index contributed by atoms with van der Waals surface area (Å²) in [4.78, 5) is 23.7. The van der Waals surface area contributed by atoms with Gasteiger partial charge in [-0.1, -0.05) is 24.3 Å². The first-order chi connectivity index (χ1) is 14.2. The second-order valence-electron chi connectivity index (χ2n) is 7.53. The van der Waals surface area contributed by atoms with E-state index in [0.717, 1.165) is 36.8 Å². The number of carbonyl (C=O) groups excluding carboxylic acids is 2. The molecule has 0 bridgehead atoms. The van der Waals surface area contributed by atoms with Gasteiger partial charge in [0.15, 0.2) is 0 Å². The number of nitrogens with zero attached hydrogens (tertiary/aromatic N) is 2. The van der Waals surface area contributed by atoms with E-state index in [9.17, 15) is 9.59 Å². The number of carbonyl (C=O) groups is 2. The fourth-order valence-corrected chi connectivity index (χ4v) is 3.93. The normalized spacial score (nSPS) is 14.9. The zero-order valence-electron chi connectivity index (χ0n) is 16.3. The number of rotatable bonds is 6. The highest BCUT2D eigenvalue weighted by Gasteiger charge is 2.11. The lowest BCUT2D eigenvalue weighted by atomic mass is 10.1. The molecule has 4 rings (SSSR count). The van der Waals surface area contributed by atoms with E-state index < -0.39 is 11.8 Å². The van der Waals surface area contributed by atoms with Gasteiger partial charge in [-0.3, -0.25) is 9.59 Å². The Morgan fingerprint density at radius 2 is 1.17 bits per heavy atom. The quantitative estimate of drug-likeness (QED) is 0.453. The zero-order valence-corrected chi connectivity index (χ0v) is 16.3. The zero-order chi connectivity index (χ0) is 20.1. The van der Waals surface area contributed by atoms with E-state index in [2.05, 4.69) is 45.3 Å². The summed E-state index contributed by atoms with van der Waals surface area (Å²) in [5.74, 6) is -0.958. The molecule has 0 heterocycles. The Balaban J connectivity index is 1.21. The molecule has 6 nitrogen and oxygen atoms in total. The molecular weight excluding hydrogens is 364 g/mol. The molecular formula is C23H24N4O2. The number of aryl methyl sites for hydroxylation is 4. The van der Waals surface area contributed by atoms with Gasteiger partial charge in [-0.25, -0.2) is 10.9 Å². The molecule has 0 spiro atoms. The molecule has 0 aromatic heterocycles. The van der Waals surface area contributed by atoms with E-state index in [-0.39, 0.29) is 6.42 Å². The summed E-state index contributed by atoms with van der Waals surface area (Å²) in [6, 6.07) is 12.4. The van der Waals surface area contributed by atoms with Crippen LogP contribution >= 0.6 is 0 Å². The van der Waals surface area contributed by atoms with Gasteiger partial charge in [-0.2, -0.15) is 10.2 Å². The third kappa shape index (κ3) is 4.96. The maximum atomic E-state index is 11.9. The minimum Gasteiger partial charge on any atom is -0.273 e. The summed E-state index contributed by atoms with van der Waals surface area (Å²) in [7, 11) is 0. The minimum atomic E-state index is -0.479. The number of hydrogen-bond donors (Lipinski definition) is 2. The first-order valence-corrected chi connectivity index (χ1v) is 10.0. The van der Waals surface area contributed by atoms with Gasteiger partial charge in [0.25, 0.3) is 0 Å². The second-order valence-corrected chi connectivity index (χ2v) is 7.53. The Morgan fingerprint density at radius 1 is 0.724 bits per heavy atom. The fourth-order valence-electron chi connectivity index (χ4n) is 3.93. The average Bonchev–Trinajstić information content (AvgIpc) is 3.36. The lowest BCUT2D eigenvalue weighted by Gasteiger charge is -2.02. The molecule has 2 aliphatic carbocycles. The summed E-state index contributed by atoms with van der Waals surface area (Å²) < 4.78 is 0. The van der Waals surface area contributed by atoms with Crippen molar-refractivity contribution in [3.8, 4) is 0 Å². The van der Waals surface area contributed by atoms with Crippen LogP contribution in [0.1, 0.15) is 52.6 Å². The standard InChI is InChI=1S/C23H24N4O2/c28-22(26-24-14-16-7-9-18-3-1-5-20(18)11-16)13-23(29)27-25-15-17-8-10-19-4-2-6-21(19)12-17/h7-12,14-15H,1-6,13H2,(H,26,28)(H,27,29). The van der Waals surface area contributed by atoms with Crippen molar-refractivity contribution in [2.45, 2.75) is 44.9 Å². The van der Waals surface area contributed by atoms with Crippen LogP contribution in [0.5, 0.6) is 0 Å². The lowest BCUT2D eigenvalue weighted by molar-refractivity contribution is -0.129. The smallest absolute Gasteiger partial charge is 0.249 e. The molecule has 2 amide bonds. The molecule has 0 radical (unpaired) electrons. The molecule has 148 valence electrons. The van der Waals surface area contributed by atoms with E-state index in [4.69, 9.17) is 0 Å².